The molecule has 96 valence electrons. The molecular weight excluding hydrogens is 241 g/mol. The highest BCUT2D eigenvalue weighted by Crippen LogP contribution is 2.17. The topological polar surface area (TPSA) is 64.4 Å². The number of aromatic carboxylic acids is 1. The number of aryl methyl sites for hydroxylation is 1. The fourth-order valence-electron chi connectivity index (χ4n) is 1.47. The molecule has 0 radical (unpaired) electrons. The molecule has 0 aliphatic heterocycles. The summed E-state index contributed by atoms with van der Waals surface area (Å²) in [7, 11) is 0. The van der Waals surface area contributed by atoms with Crippen molar-refractivity contribution in [3.05, 3.63) is 17.0 Å². The first-order valence-corrected chi connectivity index (χ1v) is 4.70. The highest BCUT2D eigenvalue weighted by atomic mass is 19.4. The number of carboxylic acids is 1. The lowest BCUT2D eigenvalue weighted by atomic mass is 10.2. The van der Waals surface area contributed by atoms with Crippen molar-refractivity contribution in [3.8, 4) is 0 Å². The molecule has 17 heavy (non-hydrogen) atoms. The van der Waals surface area contributed by atoms with E-state index < -0.39 is 18.9 Å². The van der Waals surface area contributed by atoms with Crippen LogP contribution in [-0.2, 0) is 11.3 Å². The van der Waals surface area contributed by atoms with Crippen molar-refractivity contribution >= 4 is 5.97 Å². The number of ether oxygens (including phenoxy) is 1. The second kappa shape index (κ2) is 4.74. The van der Waals surface area contributed by atoms with E-state index >= 15 is 0 Å². The van der Waals surface area contributed by atoms with E-state index in [2.05, 4.69) is 9.84 Å². The molecule has 0 atom stereocenters. The second-order valence-corrected chi connectivity index (χ2v) is 3.37. The molecule has 0 aromatic carbocycles. The zero-order chi connectivity index (χ0) is 13.2. The summed E-state index contributed by atoms with van der Waals surface area (Å²) in [5.41, 5.74) is 0.583. The summed E-state index contributed by atoms with van der Waals surface area (Å²) in [6.45, 7) is 2.21. The van der Waals surface area contributed by atoms with Gasteiger partial charge in [0.1, 0.15) is 5.56 Å². The van der Waals surface area contributed by atoms with Crippen LogP contribution in [0, 0.1) is 13.8 Å². The Kier molecular flexibility index (Phi) is 3.76. The van der Waals surface area contributed by atoms with E-state index in [1.807, 2.05) is 0 Å². The van der Waals surface area contributed by atoms with Gasteiger partial charge in [-0.2, -0.15) is 5.10 Å². The second-order valence-electron chi connectivity index (χ2n) is 3.37. The molecule has 0 aliphatic carbocycles. The Hall–Kier alpha value is -1.57. The molecule has 0 bridgehead atoms. The van der Waals surface area contributed by atoms with Crippen LogP contribution >= 0.6 is 0 Å². The third-order valence-electron chi connectivity index (χ3n) is 2.16. The first-order chi connectivity index (χ1) is 7.72. The number of halogens is 3. The number of alkyl halides is 3. The van der Waals surface area contributed by atoms with Crippen LogP contribution in [0.4, 0.5) is 13.2 Å². The third-order valence-corrected chi connectivity index (χ3v) is 2.16. The summed E-state index contributed by atoms with van der Waals surface area (Å²) < 4.78 is 40.0. The molecule has 0 spiro atoms. The van der Waals surface area contributed by atoms with Crippen molar-refractivity contribution in [1.29, 1.82) is 0 Å². The lowest BCUT2D eigenvalue weighted by Gasteiger charge is -2.08. The quantitative estimate of drug-likeness (QED) is 0.886. The Bertz CT molecular complexity index is 426. The van der Waals surface area contributed by atoms with Crippen LogP contribution < -0.4 is 0 Å². The van der Waals surface area contributed by atoms with E-state index in [-0.39, 0.29) is 17.8 Å². The molecule has 0 saturated heterocycles. The normalized spacial score (nSPS) is 11.8. The van der Waals surface area contributed by atoms with Gasteiger partial charge in [-0.05, 0) is 13.8 Å². The predicted molar refractivity (Wildman–Crippen MR) is 50.7 cm³/mol. The lowest BCUT2D eigenvalue weighted by molar-refractivity contribution is -0.325. The van der Waals surface area contributed by atoms with Gasteiger partial charge in [0.05, 0.1) is 24.5 Å². The van der Waals surface area contributed by atoms with E-state index in [4.69, 9.17) is 5.11 Å². The average Bonchev–Trinajstić information content (AvgIpc) is 2.39. The van der Waals surface area contributed by atoms with E-state index in [9.17, 15) is 18.0 Å². The van der Waals surface area contributed by atoms with Crippen molar-refractivity contribution in [1.82, 2.24) is 9.78 Å². The molecule has 8 heteroatoms. The molecule has 0 unspecified atom stereocenters. The summed E-state index contributed by atoms with van der Waals surface area (Å²) in [6.07, 6.45) is -4.69. The van der Waals surface area contributed by atoms with Crippen LogP contribution in [0.3, 0.4) is 0 Å². The Labute approximate surface area is 94.8 Å². The van der Waals surface area contributed by atoms with Gasteiger partial charge in [0, 0.05) is 0 Å². The number of nitrogens with zero attached hydrogens (tertiary/aromatic N) is 2. The number of rotatable bonds is 4. The SMILES string of the molecule is Cc1nn(CCOC(F)(F)F)c(C)c1C(=O)O. The molecule has 0 amide bonds. The van der Waals surface area contributed by atoms with Gasteiger partial charge in [-0.15, -0.1) is 13.2 Å². The van der Waals surface area contributed by atoms with Crippen LogP contribution in [0.25, 0.3) is 0 Å². The van der Waals surface area contributed by atoms with E-state index in [1.165, 1.54) is 18.5 Å². The van der Waals surface area contributed by atoms with E-state index in [0.29, 0.717) is 5.69 Å². The van der Waals surface area contributed by atoms with Gasteiger partial charge in [-0.3, -0.25) is 9.42 Å². The van der Waals surface area contributed by atoms with Gasteiger partial charge >= 0.3 is 12.3 Å². The zero-order valence-electron chi connectivity index (χ0n) is 9.21. The average molecular weight is 252 g/mol. The Morgan fingerprint density at radius 2 is 2.06 bits per heavy atom. The Morgan fingerprint density at radius 1 is 1.47 bits per heavy atom. The number of hydrogen-bond acceptors (Lipinski definition) is 3. The molecule has 1 N–H and O–H groups in total. The number of aromatic nitrogens is 2. The van der Waals surface area contributed by atoms with Gasteiger partial charge in [-0.1, -0.05) is 0 Å². The van der Waals surface area contributed by atoms with Gasteiger partial charge in [-0.25, -0.2) is 4.79 Å². The third kappa shape index (κ3) is 3.45. The molecule has 1 heterocycles. The minimum Gasteiger partial charge on any atom is -0.478 e. The smallest absolute Gasteiger partial charge is 0.478 e. The summed E-state index contributed by atoms with van der Waals surface area (Å²) in [5.74, 6) is -1.15. The van der Waals surface area contributed by atoms with Crippen LogP contribution in [0.5, 0.6) is 0 Å². The molecular formula is C9H11F3N2O3. The highest BCUT2D eigenvalue weighted by molar-refractivity contribution is 5.90. The Balaban J connectivity index is 2.74. The summed E-state index contributed by atoms with van der Waals surface area (Å²) in [5, 5.41) is 12.7. The maximum absolute atomic E-state index is 11.7. The summed E-state index contributed by atoms with van der Waals surface area (Å²) >= 11 is 0. The fraction of sp³-hybridized carbons (Fsp3) is 0.556. The molecule has 0 fully saturated rings. The summed E-state index contributed by atoms with van der Waals surface area (Å²) in [6, 6.07) is 0. The standard InChI is InChI=1S/C9H11F3N2O3/c1-5-7(8(15)16)6(2)14(13-5)3-4-17-9(10,11)12/h3-4H2,1-2H3,(H,15,16). The Morgan fingerprint density at radius 3 is 2.47 bits per heavy atom. The molecule has 5 nitrogen and oxygen atoms in total. The van der Waals surface area contributed by atoms with Crippen molar-refractivity contribution in [2.75, 3.05) is 6.61 Å². The zero-order valence-corrected chi connectivity index (χ0v) is 9.21. The van der Waals surface area contributed by atoms with Gasteiger partial charge < -0.3 is 5.11 Å². The fourth-order valence-corrected chi connectivity index (χ4v) is 1.47. The van der Waals surface area contributed by atoms with Gasteiger partial charge in [0.2, 0.25) is 0 Å². The first kappa shape index (κ1) is 13.5. The number of hydrogen-bond donors (Lipinski definition) is 1. The van der Waals surface area contributed by atoms with Gasteiger partial charge in [0.25, 0.3) is 0 Å². The minimum atomic E-state index is -4.69. The van der Waals surface area contributed by atoms with Crippen LogP contribution in [0.15, 0.2) is 0 Å². The maximum Gasteiger partial charge on any atom is 0.522 e. The van der Waals surface area contributed by atoms with E-state index in [1.54, 1.807) is 0 Å². The monoisotopic (exact) mass is 252 g/mol. The predicted octanol–water partition coefficient (Wildman–Crippen LogP) is 1.73. The largest absolute Gasteiger partial charge is 0.522 e. The van der Waals surface area contributed by atoms with Crippen molar-refractivity contribution in [2.24, 2.45) is 0 Å². The number of carbonyl (C=O) groups is 1. The minimum absolute atomic E-state index is 0.0111. The van der Waals surface area contributed by atoms with Crippen LogP contribution in [0.2, 0.25) is 0 Å². The van der Waals surface area contributed by atoms with Crippen molar-refractivity contribution < 1.29 is 27.8 Å². The molecule has 1 aromatic rings. The van der Waals surface area contributed by atoms with Gasteiger partial charge in [0.15, 0.2) is 0 Å². The summed E-state index contributed by atoms with van der Waals surface area (Å²) in [4.78, 5) is 10.8. The van der Waals surface area contributed by atoms with Crippen molar-refractivity contribution in [2.45, 2.75) is 26.8 Å². The van der Waals surface area contributed by atoms with Crippen molar-refractivity contribution in [3.63, 3.8) is 0 Å². The molecule has 1 aromatic heterocycles. The van der Waals surface area contributed by atoms with Crippen LogP contribution in [-0.4, -0.2) is 33.8 Å². The first-order valence-electron chi connectivity index (χ1n) is 4.70. The number of carboxylic acid groups (broad SMARTS) is 1. The molecule has 1 rings (SSSR count). The maximum atomic E-state index is 11.7. The van der Waals surface area contributed by atoms with E-state index in [0.717, 1.165) is 0 Å². The lowest BCUT2D eigenvalue weighted by Crippen LogP contribution is -2.18. The van der Waals surface area contributed by atoms with Crippen LogP contribution in [0.1, 0.15) is 21.7 Å². The molecule has 0 aliphatic rings. The molecule has 0 saturated carbocycles. The highest BCUT2D eigenvalue weighted by Gasteiger charge is 2.29.